The van der Waals surface area contributed by atoms with Crippen LogP contribution in [0.25, 0.3) is 0 Å². The SMILES string of the molecule is COc1cc(C(C)(C)O)cc(Br)c1C. The van der Waals surface area contributed by atoms with E-state index in [1.54, 1.807) is 21.0 Å². The largest absolute Gasteiger partial charge is 0.496 e. The molecule has 0 saturated carbocycles. The molecule has 3 heteroatoms. The number of hydrogen-bond acceptors (Lipinski definition) is 2. The fourth-order valence-electron chi connectivity index (χ4n) is 1.22. The van der Waals surface area contributed by atoms with Gasteiger partial charge in [0.05, 0.1) is 12.7 Å². The summed E-state index contributed by atoms with van der Waals surface area (Å²) < 4.78 is 6.17. The second-order valence-electron chi connectivity index (χ2n) is 3.84. The lowest BCUT2D eigenvalue weighted by atomic mass is 9.97. The van der Waals surface area contributed by atoms with Crippen LogP contribution in [0, 0.1) is 6.92 Å². The lowest BCUT2D eigenvalue weighted by Crippen LogP contribution is -2.15. The highest BCUT2D eigenvalue weighted by Crippen LogP contribution is 2.32. The fraction of sp³-hybridized carbons (Fsp3) is 0.455. The zero-order valence-corrected chi connectivity index (χ0v) is 10.5. The van der Waals surface area contributed by atoms with Gasteiger partial charge in [-0.1, -0.05) is 15.9 Å². The summed E-state index contributed by atoms with van der Waals surface area (Å²) in [7, 11) is 1.63. The molecule has 1 N–H and O–H groups in total. The minimum Gasteiger partial charge on any atom is -0.496 e. The smallest absolute Gasteiger partial charge is 0.123 e. The van der Waals surface area contributed by atoms with E-state index in [2.05, 4.69) is 15.9 Å². The van der Waals surface area contributed by atoms with E-state index < -0.39 is 5.60 Å². The standard InChI is InChI=1S/C11H15BrO2/c1-7-9(12)5-8(11(2,3)13)6-10(7)14-4/h5-6,13H,1-4H3. The summed E-state index contributed by atoms with van der Waals surface area (Å²) in [5, 5.41) is 9.85. The van der Waals surface area contributed by atoms with Crippen LogP contribution in [-0.2, 0) is 5.60 Å². The van der Waals surface area contributed by atoms with Crippen LogP contribution in [0.3, 0.4) is 0 Å². The molecular weight excluding hydrogens is 244 g/mol. The summed E-state index contributed by atoms with van der Waals surface area (Å²) in [5.41, 5.74) is 1.04. The van der Waals surface area contributed by atoms with Gasteiger partial charge in [-0.2, -0.15) is 0 Å². The summed E-state index contributed by atoms with van der Waals surface area (Å²) in [6, 6.07) is 3.78. The maximum Gasteiger partial charge on any atom is 0.123 e. The first-order chi connectivity index (χ1) is 6.36. The quantitative estimate of drug-likeness (QED) is 0.884. The van der Waals surface area contributed by atoms with Crippen LogP contribution in [0.4, 0.5) is 0 Å². The van der Waals surface area contributed by atoms with Gasteiger partial charge >= 0.3 is 0 Å². The molecule has 0 aliphatic heterocycles. The van der Waals surface area contributed by atoms with Crippen molar-refractivity contribution in [1.29, 1.82) is 0 Å². The molecule has 0 aromatic heterocycles. The van der Waals surface area contributed by atoms with Crippen molar-refractivity contribution in [2.75, 3.05) is 7.11 Å². The molecule has 0 fully saturated rings. The number of benzene rings is 1. The molecule has 0 amide bonds. The third-order valence-electron chi connectivity index (χ3n) is 2.22. The van der Waals surface area contributed by atoms with Gasteiger partial charge in [-0.3, -0.25) is 0 Å². The molecular formula is C11H15BrO2. The third-order valence-corrected chi connectivity index (χ3v) is 3.05. The van der Waals surface area contributed by atoms with Gasteiger partial charge in [0.25, 0.3) is 0 Å². The number of hydrogen-bond donors (Lipinski definition) is 1. The van der Waals surface area contributed by atoms with Gasteiger partial charge in [-0.25, -0.2) is 0 Å². The Bertz CT molecular complexity index is 340. The van der Waals surface area contributed by atoms with Gasteiger partial charge in [0.2, 0.25) is 0 Å². The molecule has 1 aromatic carbocycles. The van der Waals surface area contributed by atoms with Gasteiger partial charge in [-0.15, -0.1) is 0 Å². The van der Waals surface area contributed by atoms with Crippen LogP contribution in [0.15, 0.2) is 16.6 Å². The Hall–Kier alpha value is -0.540. The maximum atomic E-state index is 9.85. The van der Waals surface area contributed by atoms with E-state index in [0.717, 1.165) is 21.3 Å². The first-order valence-electron chi connectivity index (χ1n) is 4.43. The van der Waals surface area contributed by atoms with E-state index in [9.17, 15) is 5.11 Å². The summed E-state index contributed by atoms with van der Waals surface area (Å²) in [6.07, 6.45) is 0. The van der Waals surface area contributed by atoms with E-state index in [1.807, 2.05) is 19.1 Å². The molecule has 1 rings (SSSR count). The highest BCUT2D eigenvalue weighted by molar-refractivity contribution is 9.10. The highest BCUT2D eigenvalue weighted by atomic mass is 79.9. The van der Waals surface area contributed by atoms with E-state index in [1.165, 1.54) is 0 Å². The molecule has 78 valence electrons. The molecule has 0 radical (unpaired) electrons. The highest BCUT2D eigenvalue weighted by Gasteiger charge is 2.18. The minimum absolute atomic E-state index is 0.788. The topological polar surface area (TPSA) is 29.5 Å². The van der Waals surface area contributed by atoms with E-state index in [0.29, 0.717) is 0 Å². The Morgan fingerprint density at radius 1 is 1.36 bits per heavy atom. The molecule has 14 heavy (non-hydrogen) atoms. The lowest BCUT2D eigenvalue weighted by Gasteiger charge is -2.20. The Labute approximate surface area is 93.0 Å². The predicted octanol–water partition coefficient (Wildman–Crippen LogP) is 2.99. The number of halogens is 1. The van der Waals surface area contributed by atoms with Crippen LogP contribution in [0.2, 0.25) is 0 Å². The third kappa shape index (κ3) is 2.28. The van der Waals surface area contributed by atoms with Crippen LogP contribution in [0.1, 0.15) is 25.0 Å². The molecule has 0 aliphatic rings. The monoisotopic (exact) mass is 258 g/mol. The van der Waals surface area contributed by atoms with Crippen molar-refractivity contribution in [3.63, 3.8) is 0 Å². The molecule has 0 atom stereocenters. The summed E-state index contributed by atoms with van der Waals surface area (Å²) in [6.45, 7) is 5.48. The molecule has 0 unspecified atom stereocenters. The van der Waals surface area contributed by atoms with Crippen molar-refractivity contribution in [2.24, 2.45) is 0 Å². The Morgan fingerprint density at radius 2 is 1.93 bits per heavy atom. The molecule has 0 saturated heterocycles. The van der Waals surface area contributed by atoms with Crippen molar-refractivity contribution >= 4 is 15.9 Å². The molecule has 0 spiro atoms. The number of ether oxygens (including phenoxy) is 1. The molecule has 0 aliphatic carbocycles. The Morgan fingerprint density at radius 3 is 2.36 bits per heavy atom. The van der Waals surface area contributed by atoms with Crippen LogP contribution in [0.5, 0.6) is 5.75 Å². The van der Waals surface area contributed by atoms with Crippen molar-refractivity contribution in [2.45, 2.75) is 26.4 Å². The lowest BCUT2D eigenvalue weighted by molar-refractivity contribution is 0.0782. The molecule has 1 aromatic rings. The Kier molecular flexibility index (Phi) is 3.22. The first-order valence-corrected chi connectivity index (χ1v) is 5.22. The molecule has 2 nitrogen and oxygen atoms in total. The first kappa shape index (κ1) is 11.5. The normalized spacial score (nSPS) is 11.6. The molecule has 0 bridgehead atoms. The summed E-state index contributed by atoms with van der Waals surface area (Å²) in [4.78, 5) is 0. The van der Waals surface area contributed by atoms with E-state index in [-0.39, 0.29) is 0 Å². The van der Waals surface area contributed by atoms with Crippen LogP contribution < -0.4 is 4.74 Å². The van der Waals surface area contributed by atoms with Crippen molar-refractivity contribution in [1.82, 2.24) is 0 Å². The summed E-state index contributed by atoms with van der Waals surface area (Å²) in [5.74, 6) is 0.788. The van der Waals surface area contributed by atoms with E-state index in [4.69, 9.17) is 4.74 Å². The predicted molar refractivity (Wildman–Crippen MR) is 60.7 cm³/mol. The van der Waals surface area contributed by atoms with Gasteiger partial charge in [-0.05, 0) is 38.5 Å². The van der Waals surface area contributed by atoms with Gasteiger partial charge in [0.15, 0.2) is 0 Å². The zero-order chi connectivity index (χ0) is 10.9. The number of aliphatic hydroxyl groups is 1. The number of rotatable bonds is 2. The van der Waals surface area contributed by atoms with Gasteiger partial charge in [0, 0.05) is 10.0 Å². The van der Waals surface area contributed by atoms with Gasteiger partial charge in [0.1, 0.15) is 5.75 Å². The van der Waals surface area contributed by atoms with E-state index >= 15 is 0 Å². The zero-order valence-electron chi connectivity index (χ0n) is 8.89. The summed E-state index contributed by atoms with van der Waals surface area (Å²) >= 11 is 3.44. The molecule has 0 heterocycles. The van der Waals surface area contributed by atoms with Gasteiger partial charge < -0.3 is 9.84 Å². The fourth-order valence-corrected chi connectivity index (χ4v) is 1.66. The average molecular weight is 259 g/mol. The van der Waals surface area contributed by atoms with Crippen LogP contribution in [-0.4, -0.2) is 12.2 Å². The Balaban J connectivity index is 3.30. The second kappa shape index (κ2) is 3.91. The van der Waals surface area contributed by atoms with Crippen molar-refractivity contribution in [3.8, 4) is 5.75 Å². The minimum atomic E-state index is -0.844. The van der Waals surface area contributed by atoms with Crippen LogP contribution >= 0.6 is 15.9 Å². The second-order valence-corrected chi connectivity index (χ2v) is 4.70. The van der Waals surface area contributed by atoms with Crippen molar-refractivity contribution in [3.05, 3.63) is 27.7 Å². The van der Waals surface area contributed by atoms with Crippen molar-refractivity contribution < 1.29 is 9.84 Å². The number of methoxy groups -OCH3 is 1. The average Bonchev–Trinajstić information content (AvgIpc) is 2.07. The maximum absolute atomic E-state index is 9.85.